The van der Waals surface area contributed by atoms with Crippen LogP contribution in [0, 0.1) is 0 Å². The van der Waals surface area contributed by atoms with Crippen LogP contribution in [-0.2, 0) is 4.74 Å². The number of benzene rings is 1. The fourth-order valence-corrected chi connectivity index (χ4v) is 1.60. The molecule has 0 amide bonds. The molecule has 0 aliphatic carbocycles. The third kappa shape index (κ3) is 6.21. The number of rotatable bonds is 10. The standard InChI is InChI=1S/C14H23NO5/c1-18-9-11(8-16)15-7-12(17)10-20-14-5-3-13(19-2)4-6-14/h3-6,11-12,15-17H,7-10H2,1-2H3. The average Bonchev–Trinajstić information content (AvgIpc) is 2.49. The number of methoxy groups -OCH3 is 2. The monoisotopic (exact) mass is 285 g/mol. The summed E-state index contributed by atoms with van der Waals surface area (Å²) in [6.45, 7) is 0.845. The van der Waals surface area contributed by atoms with Crippen LogP contribution in [0.15, 0.2) is 24.3 Å². The summed E-state index contributed by atoms with van der Waals surface area (Å²) in [6.07, 6.45) is -0.664. The van der Waals surface area contributed by atoms with E-state index in [0.29, 0.717) is 18.9 Å². The third-order valence-corrected chi connectivity index (χ3v) is 2.73. The number of aliphatic hydroxyl groups is 2. The number of aliphatic hydroxyl groups excluding tert-OH is 2. The maximum atomic E-state index is 9.79. The van der Waals surface area contributed by atoms with E-state index < -0.39 is 6.10 Å². The van der Waals surface area contributed by atoms with Gasteiger partial charge in [-0.1, -0.05) is 0 Å². The zero-order valence-electron chi connectivity index (χ0n) is 11.9. The number of nitrogens with one attached hydrogen (secondary N) is 1. The second kappa shape index (κ2) is 9.55. The molecule has 0 radical (unpaired) electrons. The molecule has 0 saturated carbocycles. The van der Waals surface area contributed by atoms with Gasteiger partial charge in [0.2, 0.25) is 0 Å². The topological polar surface area (TPSA) is 80.2 Å². The lowest BCUT2D eigenvalue weighted by atomic mass is 10.3. The van der Waals surface area contributed by atoms with Crippen LogP contribution in [0.5, 0.6) is 11.5 Å². The molecule has 2 atom stereocenters. The van der Waals surface area contributed by atoms with Gasteiger partial charge in [-0.05, 0) is 24.3 Å². The number of hydrogen-bond donors (Lipinski definition) is 3. The fraction of sp³-hybridized carbons (Fsp3) is 0.571. The summed E-state index contributed by atoms with van der Waals surface area (Å²) in [7, 11) is 3.16. The Kier molecular flexibility index (Phi) is 7.98. The van der Waals surface area contributed by atoms with Gasteiger partial charge in [0.05, 0.1) is 26.4 Å². The van der Waals surface area contributed by atoms with Crippen LogP contribution in [0.2, 0.25) is 0 Å². The van der Waals surface area contributed by atoms with E-state index in [4.69, 9.17) is 19.3 Å². The second-order valence-electron chi connectivity index (χ2n) is 4.38. The van der Waals surface area contributed by atoms with Gasteiger partial charge in [0.15, 0.2) is 0 Å². The summed E-state index contributed by atoms with van der Waals surface area (Å²) < 4.78 is 15.4. The lowest BCUT2D eigenvalue weighted by Crippen LogP contribution is -2.42. The molecule has 3 N–H and O–H groups in total. The molecule has 0 aliphatic rings. The molecule has 0 fully saturated rings. The van der Waals surface area contributed by atoms with E-state index in [1.54, 1.807) is 38.5 Å². The van der Waals surface area contributed by atoms with Crippen molar-refractivity contribution in [3.8, 4) is 11.5 Å². The van der Waals surface area contributed by atoms with E-state index >= 15 is 0 Å². The second-order valence-corrected chi connectivity index (χ2v) is 4.38. The van der Waals surface area contributed by atoms with Gasteiger partial charge >= 0.3 is 0 Å². The van der Waals surface area contributed by atoms with E-state index in [1.165, 1.54) is 0 Å². The summed E-state index contributed by atoms with van der Waals surface area (Å²) in [5, 5.41) is 21.8. The van der Waals surface area contributed by atoms with Gasteiger partial charge in [0, 0.05) is 13.7 Å². The highest BCUT2D eigenvalue weighted by Gasteiger charge is 2.10. The fourth-order valence-electron chi connectivity index (χ4n) is 1.60. The molecule has 1 aromatic carbocycles. The van der Waals surface area contributed by atoms with E-state index in [2.05, 4.69) is 5.32 Å². The predicted molar refractivity (Wildman–Crippen MR) is 75.2 cm³/mol. The van der Waals surface area contributed by atoms with Crippen LogP contribution < -0.4 is 14.8 Å². The Morgan fingerprint density at radius 3 is 2.30 bits per heavy atom. The van der Waals surface area contributed by atoms with Crippen molar-refractivity contribution in [2.24, 2.45) is 0 Å². The SMILES string of the molecule is COCC(CO)NCC(O)COc1ccc(OC)cc1. The van der Waals surface area contributed by atoms with Gasteiger partial charge in [-0.25, -0.2) is 0 Å². The zero-order valence-corrected chi connectivity index (χ0v) is 11.9. The molecule has 0 bridgehead atoms. The Bertz CT molecular complexity index is 357. The molecule has 0 heterocycles. The normalized spacial score (nSPS) is 13.8. The van der Waals surface area contributed by atoms with Crippen LogP contribution >= 0.6 is 0 Å². The molecular formula is C14H23NO5. The van der Waals surface area contributed by atoms with Crippen molar-refractivity contribution in [3.05, 3.63) is 24.3 Å². The van der Waals surface area contributed by atoms with Crippen molar-refractivity contribution in [1.29, 1.82) is 0 Å². The molecule has 1 aromatic rings. The van der Waals surface area contributed by atoms with Gasteiger partial charge in [-0.3, -0.25) is 0 Å². The van der Waals surface area contributed by atoms with Gasteiger partial charge in [0.1, 0.15) is 24.2 Å². The van der Waals surface area contributed by atoms with E-state index in [1.807, 2.05) is 0 Å². The quantitative estimate of drug-likeness (QED) is 0.563. The Balaban J connectivity index is 2.26. The first-order chi connectivity index (χ1) is 9.69. The number of ether oxygens (including phenoxy) is 3. The lowest BCUT2D eigenvalue weighted by Gasteiger charge is -2.18. The lowest BCUT2D eigenvalue weighted by molar-refractivity contribution is 0.0854. The van der Waals surface area contributed by atoms with E-state index in [-0.39, 0.29) is 19.3 Å². The highest BCUT2D eigenvalue weighted by atomic mass is 16.5. The molecule has 0 aromatic heterocycles. The minimum Gasteiger partial charge on any atom is -0.497 e. The van der Waals surface area contributed by atoms with Gasteiger partial charge in [-0.15, -0.1) is 0 Å². The van der Waals surface area contributed by atoms with Gasteiger partial charge in [-0.2, -0.15) is 0 Å². The van der Waals surface area contributed by atoms with Crippen LogP contribution in [0.4, 0.5) is 0 Å². The summed E-state index contributed by atoms with van der Waals surface area (Å²) >= 11 is 0. The Labute approximate surface area is 119 Å². The van der Waals surface area contributed by atoms with Gasteiger partial charge < -0.3 is 29.7 Å². The minimum atomic E-state index is -0.664. The highest BCUT2D eigenvalue weighted by molar-refractivity contribution is 5.31. The molecule has 0 spiro atoms. The van der Waals surface area contributed by atoms with Crippen molar-refractivity contribution >= 4 is 0 Å². The Hall–Kier alpha value is -1.34. The van der Waals surface area contributed by atoms with Crippen molar-refractivity contribution in [2.45, 2.75) is 12.1 Å². The predicted octanol–water partition coefficient (Wildman–Crippen LogP) is 0.0318. The Morgan fingerprint density at radius 2 is 1.75 bits per heavy atom. The molecule has 20 heavy (non-hydrogen) atoms. The van der Waals surface area contributed by atoms with Crippen molar-refractivity contribution in [2.75, 3.05) is 40.6 Å². The van der Waals surface area contributed by atoms with Crippen LogP contribution in [0.3, 0.4) is 0 Å². The molecule has 2 unspecified atom stereocenters. The molecule has 0 aliphatic heterocycles. The molecule has 6 nitrogen and oxygen atoms in total. The molecular weight excluding hydrogens is 262 g/mol. The van der Waals surface area contributed by atoms with Crippen molar-refractivity contribution in [1.82, 2.24) is 5.32 Å². The zero-order chi connectivity index (χ0) is 14.8. The molecule has 0 saturated heterocycles. The molecule has 6 heteroatoms. The smallest absolute Gasteiger partial charge is 0.119 e. The first-order valence-corrected chi connectivity index (χ1v) is 6.47. The van der Waals surface area contributed by atoms with E-state index in [9.17, 15) is 5.11 Å². The first kappa shape index (κ1) is 16.7. The largest absolute Gasteiger partial charge is 0.497 e. The summed E-state index contributed by atoms with van der Waals surface area (Å²) in [6, 6.07) is 6.96. The summed E-state index contributed by atoms with van der Waals surface area (Å²) in [5.41, 5.74) is 0. The van der Waals surface area contributed by atoms with Crippen molar-refractivity contribution in [3.63, 3.8) is 0 Å². The molecule has 114 valence electrons. The van der Waals surface area contributed by atoms with Crippen LogP contribution in [-0.4, -0.2) is 62.9 Å². The third-order valence-electron chi connectivity index (χ3n) is 2.73. The summed E-state index contributed by atoms with van der Waals surface area (Å²) in [5.74, 6) is 1.42. The highest BCUT2D eigenvalue weighted by Crippen LogP contribution is 2.16. The maximum absolute atomic E-state index is 9.79. The van der Waals surface area contributed by atoms with Gasteiger partial charge in [0.25, 0.3) is 0 Å². The van der Waals surface area contributed by atoms with Crippen molar-refractivity contribution < 1.29 is 24.4 Å². The minimum absolute atomic E-state index is 0.0418. The van der Waals surface area contributed by atoms with Crippen LogP contribution in [0.1, 0.15) is 0 Å². The maximum Gasteiger partial charge on any atom is 0.119 e. The first-order valence-electron chi connectivity index (χ1n) is 6.47. The number of hydrogen-bond acceptors (Lipinski definition) is 6. The van der Waals surface area contributed by atoms with Crippen LogP contribution in [0.25, 0.3) is 0 Å². The summed E-state index contributed by atoms with van der Waals surface area (Å²) in [4.78, 5) is 0. The van der Waals surface area contributed by atoms with E-state index in [0.717, 1.165) is 5.75 Å². The Morgan fingerprint density at radius 1 is 1.10 bits per heavy atom. The average molecular weight is 285 g/mol. The molecule has 1 rings (SSSR count).